The Morgan fingerprint density at radius 2 is 1.91 bits per heavy atom. The van der Waals surface area contributed by atoms with E-state index >= 15 is 0 Å². The summed E-state index contributed by atoms with van der Waals surface area (Å²) in [5.74, 6) is -1.02. The van der Waals surface area contributed by atoms with Gasteiger partial charge in [0.15, 0.2) is 0 Å². The van der Waals surface area contributed by atoms with E-state index in [2.05, 4.69) is 0 Å². The number of nitrogens with zero attached hydrogens (tertiary/aromatic N) is 1. The molecule has 124 valence electrons. The van der Waals surface area contributed by atoms with Gasteiger partial charge < -0.3 is 9.05 Å². The number of rotatable bonds is 9. The molecular formula is C13H20FN2O5P. The van der Waals surface area contributed by atoms with Gasteiger partial charge in [-0.25, -0.2) is 4.79 Å². The molecule has 0 spiro atoms. The predicted molar refractivity (Wildman–Crippen MR) is 80.8 cm³/mol. The van der Waals surface area contributed by atoms with Crippen LogP contribution in [0.4, 0.5) is 4.39 Å². The van der Waals surface area contributed by atoms with Crippen molar-refractivity contribution >= 4 is 7.60 Å². The molecule has 1 aromatic rings. The van der Waals surface area contributed by atoms with Gasteiger partial charge in [0, 0.05) is 6.54 Å². The minimum Gasteiger partial charge on any atom is -0.309 e. The normalized spacial score (nSPS) is 12.1. The zero-order chi connectivity index (χ0) is 16.6. The van der Waals surface area contributed by atoms with Crippen molar-refractivity contribution in [1.29, 1.82) is 0 Å². The molecule has 22 heavy (non-hydrogen) atoms. The summed E-state index contributed by atoms with van der Waals surface area (Å²) in [6.45, 7) is 4.16. The van der Waals surface area contributed by atoms with E-state index in [0.717, 1.165) is 10.8 Å². The minimum absolute atomic E-state index is 0.0973. The molecule has 0 aromatic carbocycles. The highest BCUT2D eigenvalue weighted by Crippen LogP contribution is 2.48. The summed E-state index contributed by atoms with van der Waals surface area (Å²) in [5.41, 5.74) is -1.73. The van der Waals surface area contributed by atoms with Crippen LogP contribution in [0.2, 0.25) is 0 Å². The van der Waals surface area contributed by atoms with Gasteiger partial charge in [-0.15, -0.1) is 0 Å². The van der Waals surface area contributed by atoms with Gasteiger partial charge in [0.2, 0.25) is 5.82 Å². The van der Waals surface area contributed by atoms with Gasteiger partial charge >= 0.3 is 13.3 Å². The quantitative estimate of drug-likeness (QED) is 0.550. The maximum atomic E-state index is 13.1. The maximum absolute atomic E-state index is 13.1. The van der Waals surface area contributed by atoms with Crippen molar-refractivity contribution in [3.05, 3.63) is 45.0 Å². The van der Waals surface area contributed by atoms with Gasteiger partial charge in [-0.3, -0.25) is 18.9 Å². The van der Waals surface area contributed by atoms with Crippen molar-refractivity contribution in [1.82, 2.24) is 9.55 Å². The lowest BCUT2D eigenvalue weighted by molar-refractivity contribution is 0.220. The molecular weight excluding hydrogens is 314 g/mol. The molecule has 0 radical (unpaired) electrons. The summed E-state index contributed by atoms with van der Waals surface area (Å²) >= 11 is 0. The molecule has 0 saturated heterocycles. The van der Waals surface area contributed by atoms with E-state index in [1.54, 1.807) is 26.0 Å². The lowest BCUT2D eigenvalue weighted by Gasteiger charge is -2.15. The fraction of sp³-hybridized carbons (Fsp3) is 0.538. The second-order valence-corrected chi connectivity index (χ2v) is 6.50. The molecule has 0 saturated carbocycles. The number of H-pyrrole nitrogens is 1. The van der Waals surface area contributed by atoms with Gasteiger partial charge in [0.05, 0.1) is 25.6 Å². The van der Waals surface area contributed by atoms with Gasteiger partial charge in [0.1, 0.15) is 0 Å². The molecule has 0 fully saturated rings. The third-order valence-electron chi connectivity index (χ3n) is 2.66. The van der Waals surface area contributed by atoms with Crippen LogP contribution in [0.1, 0.15) is 20.3 Å². The second-order valence-electron chi connectivity index (χ2n) is 4.32. The molecule has 1 heterocycles. The lowest BCUT2D eigenvalue weighted by atomic mass is 10.4. The van der Waals surface area contributed by atoms with Crippen LogP contribution in [0.25, 0.3) is 0 Å². The third-order valence-corrected chi connectivity index (χ3v) is 4.77. The van der Waals surface area contributed by atoms with Crippen molar-refractivity contribution in [2.24, 2.45) is 0 Å². The van der Waals surface area contributed by atoms with Crippen molar-refractivity contribution < 1.29 is 18.0 Å². The molecule has 1 aromatic heterocycles. The Kier molecular flexibility index (Phi) is 7.44. The van der Waals surface area contributed by atoms with Gasteiger partial charge in [-0.1, -0.05) is 12.2 Å². The fourth-order valence-corrected chi connectivity index (χ4v) is 3.30. The average Bonchev–Trinajstić information content (AvgIpc) is 2.44. The Hall–Kier alpha value is -1.50. The highest BCUT2D eigenvalue weighted by molar-refractivity contribution is 7.53. The van der Waals surface area contributed by atoms with Gasteiger partial charge in [0.25, 0.3) is 5.56 Å². The summed E-state index contributed by atoms with van der Waals surface area (Å²) < 4.78 is 36.5. The van der Waals surface area contributed by atoms with Crippen LogP contribution in [0.3, 0.4) is 0 Å². The summed E-state index contributed by atoms with van der Waals surface area (Å²) in [7, 11) is -3.08. The molecule has 0 aliphatic carbocycles. The summed E-state index contributed by atoms with van der Waals surface area (Å²) in [6.07, 6.45) is 4.80. The molecule has 0 bridgehead atoms. The smallest absolute Gasteiger partial charge is 0.309 e. The Bertz CT molecular complexity index is 657. The van der Waals surface area contributed by atoms with Gasteiger partial charge in [-0.05, 0) is 20.3 Å². The van der Waals surface area contributed by atoms with Gasteiger partial charge in [-0.2, -0.15) is 4.39 Å². The number of nitrogens with one attached hydrogen (secondary N) is 1. The Morgan fingerprint density at radius 1 is 1.27 bits per heavy atom. The lowest BCUT2D eigenvalue weighted by Crippen LogP contribution is -2.31. The first kappa shape index (κ1) is 18.5. The van der Waals surface area contributed by atoms with E-state index in [1.165, 1.54) is 0 Å². The van der Waals surface area contributed by atoms with Crippen molar-refractivity contribution in [3.8, 4) is 0 Å². The topological polar surface area (TPSA) is 90.4 Å². The highest BCUT2D eigenvalue weighted by Gasteiger charge is 2.21. The molecule has 0 unspecified atom stereocenters. The first-order chi connectivity index (χ1) is 10.4. The SMILES string of the molecule is CCOP(=O)(CC/C=C/Cn1cc(F)c(=O)[nH]c1=O)OCC. The predicted octanol–water partition coefficient (Wildman–Crippen LogP) is 1.89. The molecule has 0 amide bonds. The first-order valence-corrected chi connectivity index (χ1v) is 8.67. The molecule has 0 atom stereocenters. The summed E-state index contributed by atoms with van der Waals surface area (Å²) in [5, 5.41) is 0. The molecule has 7 nitrogen and oxygen atoms in total. The van der Waals surface area contributed by atoms with Crippen LogP contribution in [0.5, 0.6) is 0 Å². The highest BCUT2D eigenvalue weighted by atomic mass is 31.2. The molecule has 1 N–H and O–H groups in total. The molecule has 0 aliphatic heterocycles. The maximum Gasteiger partial charge on any atom is 0.330 e. The Morgan fingerprint density at radius 3 is 2.50 bits per heavy atom. The zero-order valence-electron chi connectivity index (χ0n) is 12.6. The largest absolute Gasteiger partial charge is 0.330 e. The number of aromatic nitrogens is 2. The number of allylic oxidation sites excluding steroid dienone is 2. The second kappa shape index (κ2) is 8.82. The van der Waals surface area contributed by atoms with Crippen LogP contribution in [-0.4, -0.2) is 28.9 Å². The number of hydrogen-bond acceptors (Lipinski definition) is 5. The van der Waals surface area contributed by atoms with E-state index in [0.29, 0.717) is 19.6 Å². The first-order valence-electron chi connectivity index (χ1n) is 6.94. The molecule has 1 rings (SSSR count). The molecule has 9 heteroatoms. The van der Waals surface area contributed by atoms with Crippen LogP contribution in [0, 0.1) is 5.82 Å². The van der Waals surface area contributed by atoms with Crippen LogP contribution < -0.4 is 11.2 Å². The van der Waals surface area contributed by atoms with Crippen molar-refractivity contribution in [3.63, 3.8) is 0 Å². The fourth-order valence-electron chi connectivity index (χ4n) is 1.72. The monoisotopic (exact) mass is 334 g/mol. The number of halogens is 1. The van der Waals surface area contributed by atoms with Crippen molar-refractivity contribution in [2.45, 2.75) is 26.8 Å². The van der Waals surface area contributed by atoms with Crippen LogP contribution in [0.15, 0.2) is 27.9 Å². The summed E-state index contributed by atoms with van der Waals surface area (Å²) in [6, 6.07) is 0. The summed E-state index contributed by atoms with van der Waals surface area (Å²) in [4.78, 5) is 24.2. The Balaban J connectivity index is 2.57. The average molecular weight is 334 g/mol. The zero-order valence-corrected chi connectivity index (χ0v) is 13.5. The standard InChI is InChI=1S/C13H20FN2O5P/c1-3-20-22(19,21-4-2)9-7-5-6-8-16-10-11(14)12(17)15-13(16)18/h5-6,10H,3-4,7-9H2,1-2H3,(H,15,17,18)/b6-5+. The third kappa shape index (κ3) is 5.71. The number of aromatic amines is 1. The van der Waals surface area contributed by atoms with E-state index in [9.17, 15) is 18.5 Å². The van der Waals surface area contributed by atoms with Crippen molar-refractivity contribution in [2.75, 3.05) is 19.4 Å². The van der Waals surface area contributed by atoms with Crippen LogP contribution >= 0.6 is 7.60 Å². The van der Waals surface area contributed by atoms with E-state index in [1.807, 2.05) is 4.98 Å². The van der Waals surface area contributed by atoms with Crippen LogP contribution in [-0.2, 0) is 20.2 Å². The number of hydrogen-bond donors (Lipinski definition) is 1. The Labute approximate surface area is 127 Å². The van der Waals surface area contributed by atoms with E-state index in [-0.39, 0.29) is 12.7 Å². The molecule has 0 aliphatic rings. The van der Waals surface area contributed by atoms with E-state index in [4.69, 9.17) is 9.05 Å². The minimum atomic E-state index is -3.08. The van der Waals surface area contributed by atoms with E-state index < -0.39 is 24.7 Å².